The number of piperazine rings is 1. The van der Waals surface area contributed by atoms with Gasteiger partial charge in [-0.25, -0.2) is 4.98 Å². The monoisotopic (exact) mass is 536 g/mol. The van der Waals surface area contributed by atoms with Crippen LogP contribution in [0.1, 0.15) is 26.5 Å². The van der Waals surface area contributed by atoms with E-state index >= 15 is 0 Å². The molecule has 0 spiro atoms. The molecule has 0 radical (unpaired) electrons. The summed E-state index contributed by atoms with van der Waals surface area (Å²) in [5.41, 5.74) is 9.04. The predicted octanol–water partition coefficient (Wildman–Crippen LogP) is 6.31. The van der Waals surface area contributed by atoms with Crippen molar-refractivity contribution in [2.45, 2.75) is 20.4 Å². The van der Waals surface area contributed by atoms with Crippen LogP contribution in [0.15, 0.2) is 78.3 Å². The second-order valence-corrected chi connectivity index (χ2v) is 11.1. The van der Waals surface area contributed by atoms with E-state index in [1.165, 1.54) is 33.6 Å². The fourth-order valence-corrected chi connectivity index (χ4v) is 6.00. The van der Waals surface area contributed by atoms with Crippen LogP contribution in [0.3, 0.4) is 0 Å². The number of amides is 1. The number of thiophene rings is 1. The van der Waals surface area contributed by atoms with Crippen LogP contribution in [0, 0.1) is 13.8 Å². The van der Waals surface area contributed by atoms with E-state index in [9.17, 15) is 4.79 Å². The summed E-state index contributed by atoms with van der Waals surface area (Å²) in [6.45, 7) is 8.13. The van der Waals surface area contributed by atoms with Gasteiger partial charge in [0, 0.05) is 44.5 Å². The lowest BCUT2D eigenvalue weighted by Crippen LogP contribution is -2.48. The topological polar surface area (TPSA) is 50.1 Å². The van der Waals surface area contributed by atoms with Crippen molar-refractivity contribution in [1.29, 1.82) is 0 Å². The second kappa shape index (κ2) is 10.7. The Bertz CT molecular complexity index is 1610. The molecule has 4 heterocycles. The fourth-order valence-electron chi connectivity index (χ4n) is 5.31. The summed E-state index contributed by atoms with van der Waals surface area (Å²) in [6.07, 6.45) is 2.23. The Kier molecular flexibility index (Phi) is 6.94. The molecule has 0 saturated carbocycles. The number of ether oxygens (including phenoxy) is 1. The molecule has 0 atom stereocenters. The summed E-state index contributed by atoms with van der Waals surface area (Å²) >= 11 is 1.51. The number of aryl methyl sites for hydroxylation is 2. The molecular formula is C32H32N4O2S. The maximum absolute atomic E-state index is 12.9. The smallest absolute Gasteiger partial charge is 0.264 e. The number of carbonyl (C=O) groups is 1. The standard InChI is InChI=1S/C32H32N4O2S/c1-22-6-7-23(2)27(19-22)25-10-13-30-33-31(24-8-11-26(38-3)12-9-24)28(36(30)20-25)21-34-14-16-35(17-15-34)32(37)29-5-4-18-39-29/h4-13,18-20H,14-17,21H2,1-3H3. The Morgan fingerprint density at radius 2 is 1.72 bits per heavy atom. The Morgan fingerprint density at radius 1 is 0.949 bits per heavy atom. The van der Waals surface area contributed by atoms with Crippen molar-refractivity contribution in [3.63, 3.8) is 0 Å². The molecule has 6 nitrogen and oxygen atoms in total. The highest BCUT2D eigenvalue weighted by Crippen LogP contribution is 2.31. The van der Waals surface area contributed by atoms with Gasteiger partial charge in [-0.1, -0.05) is 29.8 Å². The third kappa shape index (κ3) is 5.07. The van der Waals surface area contributed by atoms with Crippen molar-refractivity contribution < 1.29 is 9.53 Å². The molecule has 1 aliphatic rings. The van der Waals surface area contributed by atoms with E-state index in [-0.39, 0.29) is 5.91 Å². The van der Waals surface area contributed by atoms with E-state index in [1.54, 1.807) is 7.11 Å². The van der Waals surface area contributed by atoms with E-state index in [0.717, 1.165) is 65.9 Å². The molecule has 0 aliphatic carbocycles. The summed E-state index contributed by atoms with van der Waals surface area (Å²) < 4.78 is 7.64. The first-order valence-corrected chi connectivity index (χ1v) is 14.2. The molecule has 6 rings (SSSR count). The lowest BCUT2D eigenvalue weighted by molar-refractivity contribution is 0.0631. The van der Waals surface area contributed by atoms with Crippen molar-refractivity contribution in [2.75, 3.05) is 33.3 Å². The molecule has 3 aromatic heterocycles. The third-order valence-electron chi connectivity index (χ3n) is 7.55. The van der Waals surface area contributed by atoms with Gasteiger partial charge in [0.1, 0.15) is 11.4 Å². The number of nitrogens with zero attached hydrogens (tertiary/aromatic N) is 4. The number of aromatic nitrogens is 2. The average molecular weight is 537 g/mol. The first kappa shape index (κ1) is 25.3. The molecule has 1 amide bonds. The Balaban J connectivity index is 1.35. The molecule has 0 N–H and O–H groups in total. The highest BCUT2D eigenvalue weighted by molar-refractivity contribution is 7.12. The number of carbonyl (C=O) groups excluding carboxylic acids is 1. The van der Waals surface area contributed by atoms with Gasteiger partial charge in [-0.3, -0.25) is 9.69 Å². The summed E-state index contributed by atoms with van der Waals surface area (Å²) in [4.78, 5) is 23.2. The predicted molar refractivity (Wildman–Crippen MR) is 158 cm³/mol. The van der Waals surface area contributed by atoms with Crippen LogP contribution in [0.25, 0.3) is 28.0 Å². The fraction of sp³-hybridized carbons (Fsp3) is 0.250. The number of fused-ring (bicyclic) bond motifs is 1. The molecular weight excluding hydrogens is 504 g/mol. The van der Waals surface area contributed by atoms with Crippen LogP contribution in [-0.4, -0.2) is 58.4 Å². The number of imidazole rings is 1. The second-order valence-electron chi connectivity index (χ2n) is 10.1. The van der Waals surface area contributed by atoms with Gasteiger partial charge in [-0.15, -0.1) is 11.3 Å². The van der Waals surface area contributed by atoms with Gasteiger partial charge in [-0.2, -0.15) is 0 Å². The Morgan fingerprint density at radius 3 is 2.44 bits per heavy atom. The normalized spacial score (nSPS) is 14.2. The van der Waals surface area contributed by atoms with Gasteiger partial charge < -0.3 is 14.0 Å². The number of hydrogen-bond donors (Lipinski definition) is 0. The van der Waals surface area contributed by atoms with Gasteiger partial charge in [0.2, 0.25) is 0 Å². The first-order chi connectivity index (χ1) is 19.0. The minimum atomic E-state index is 0.136. The number of pyridine rings is 1. The zero-order valence-electron chi connectivity index (χ0n) is 22.6. The van der Waals surface area contributed by atoms with Crippen molar-refractivity contribution in [2.24, 2.45) is 0 Å². The van der Waals surface area contributed by atoms with E-state index in [0.29, 0.717) is 0 Å². The zero-order chi connectivity index (χ0) is 26.9. The van der Waals surface area contributed by atoms with E-state index in [2.05, 4.69) is 71.8 Å². The van der Waals surface area contributed by atoms with Crippen molar-refractivity contribution in [3.8, 4) is 28.1 Å². The van der Waals surface area contributed by atoms with Gasteiger partial charge in [0.05, 0.1) is 23.4 Å². The SMILES string of the molecule is COc1ccc(-c2nc3ccc(-c4cc(C)ccc4C)cn3c2CN2CCN(C(=O)c3cccs3)CC2)cc1. The van der Waals surface area contributed by atoms with E-state index < -0.39 is 0 Å². The first-order valence-electron chi connectivity index (χ1n) is 13.3. The summed E-state index contributed by atoms with van der Waals surface area (Å²) in [6, 6.07) is 22.8. The molecule has 198 valence electrons. The molecule has 2 aromatic carbocycles. The molecule has 1 fully saturated rings. The summed E-state index contributed by atoms with van der Waals surface area (Å²) in [5.74, 6) is 0.962. The quantitative estimate of drug-likeness (QED) is 0.255. The van der Waals surface area contributed by atoms with Crippen molar-refractivity contribution in [1.82, 2.24) is 19.2 Å². The third-order valence-corrected chi connectivity index (χ3v) is 8.41. The molecule has 5 aromatic rings. The highest BCUT2D eigenvalue weighted by Gasteiger charge is 2.25. The van der Waals surface area contributed by atoms with Crippen LogP contribution in [0.4, 0.5) is 0 Å². The highest BCUT2D eigenvalue weighted by atomic mass is 32.1. The Hall–Kier alpha value is -3.94. The molecule has 0 bridgehead atoms. The van der Waals surface area contributed by atoms with Crippen LogP contribution in [0.5, 0.6) is 5.75 Å². The van der Waals surface area contributed by atoms with Gasteiger partial charge in [-0.05, 0) is 78.4 Å². The number of benzene rings is 2. The molecule has 1 aliphatic heterocycles. The van der Waals surface area contributed by atoms with Gasteiger partial charge in [0.25, 0.3) is 5.91 Å². The summed E-state index contributed by atoms with van der Waals surface area (Å²) in [5, 5.41) is 1.96. The van der Waals surface area contributed by atoms with Crippen LogP contribution in [0.2, 0.25) is 0 Å². The lowest BCUT2D eigenvalue weighted by atomic mass is 10.00. The molecule has 1 saturated heterocycles. The number of hydrogen-bond acceptors (Lipinski definition) is 5. The van der Waals surface area contributed by atoms with Gasteiger partial charge in [0.15, 0.2) is 0 Å². The maximum Gasteiger partial charge on any atom is 0.264 e. The van der Waals surface area contributed by atoms with Crippen LogP contribution >= 0.6 is 11.3 Å². The molecule has 39 heavy (non-hydrogen) atoms. The van der Waals surface area contributed by atoms with Crippen molar-refractivity contribution in [3.05, 3.63) is 100 Å². The Labute approximate surface area is 233 Å². The molecule has 7 heteroatoms. The molecule has 0 unspecified atom stereocenters. The minimum absolute atomic E-state index is 0.136. The zero-order valence-corrected chi connectivity index (χ0v) is 23.4. The van der Waals surface area contributed by atoms with Gasteiger partial charge >= 0.3 is 0 Å². The average Bonchev–Trinajstić information content (AvgIpc) is 3.63. The van der Waals surface area contributed by atoms with Crippen LogP contribution < -0.4 is 4.74 Å². The van der Waals surface area contributed by atoms with Crippen LogP contribution in [-0.2, 0) is 6.54 Å². The number of methoxy groups -OCH3 is 1. The maximum atomic E-state index is 12.9. The number of rotatable bonds is 6. The largest absolute Gasteiger partial charge is 0.497 e. The van der Waals surface area contributed by atoms with E-state index in [1.807, 2.05) is 34.5 Å². The van der Waals surface area contributed by atoms with Crippen molar-refractivity contribution >= 4 is 22.9 Å². The lowest BCUT2D eigenvalue weighted by Gasteiger charge is -2.34. The summed E-state index contributed by atoms with van der Waals surface area (Å²) in [7, 11) is 1.68. The minimum Gasteiger partial charge on any atom is -0.497 e. The van der Waals surface area contributed by atoms with E-state index in [4.69, 9.17) is 9.72 Å².